The summed E-state index contributed by atoms with van der Waals surface area (Å²) in [6, 6.07) is 18.0. The lowest BCUT2D eigenvalue weighted by Gasteiger charge is -2.27. The molecule has 0 aliphatic carbocycles. The zero-order valence-electron chi connectivity index (χ0n) is 15.4. The molecule has 0 amide bonds. The van der Waals surface area contributed by atoms with Crippen LogP contribution in [0.5, 0.6) is 5.75 Å². The molecule has 1 aliphatic heterocycles. The van der Waals surface area contributed by atoms with E-state index in [1.807, 2.05) is 49.4 Å². The quantitative estimate of drug-likeness (QED) is 0.757. The maximum Gasteiger partial charge on any atom is 0.255 e. The molecule has 0 unspecified atom stereocenters. The molecule has 0 bridgehead atoms. The van der Waals surface area contributed by atoms with Crippen LogP contribution in [-0.2, 0) is 19.5 Å². The number of H-pyrrole nitrogens is 1. The first-order valence-corrected chi connectivity index (χ1v) is 9.34. The molecule has 1 aromatic heterocycles. The fourth-order valence-electron chi connectivity index (χ4n) is 3.46. The van der Waals surface area contributed by atoms with Crippen molar-refractivity contribution < 1.29 is 4.74 Å². The summed E-state index contributed by atoms with van der Waals surface area (Å²) in [6.45, 7) is 4.98. The average Bonchev–Trinajstić information content (AvgIpc) is 2.71. The van der Waals surface area contributed by atoms with E-state index in [0.717, 1.165) is 42.1 Å². The van der Waals surface area contributed by atoms with Crippen LogP contribution in [0.25, 0.3) is 11.4 Å². The first-order chi connectivity index (χ1) is 13.2. The lowest BCUT2D eigenvalue weighted by atomic mass is 10.1. The van der Waals surface area contributed by atoms with Crippen molar-refractivity contribution in [3.05, 3.63) is 81.8 Å². The van der Waals surface area contributed by atoms with Gasteiger partial charge in [-0.05, 0) is 24.6 Å². The molecule has 138 valence electrons. The Morgan fingerprint density at radius 1 is 1.11 bits per heavy atom. The van der Waals surface area contributed by atoms with E-state index in [-0.39, 0.29) is 5.56 Å². The summed E-state index contributed by atoms with van der Waals surface area (Å²) >= 11 is 0. The van der Waals surface area contributed by atoms with Gasteiger partial charge in [0, 0.05) is 31.6 Å². The topological polar surface area (TPSA) is 58.2 Å². The van der Waals surface area contributed by atoms with E-state index in [1.165, 1.54) is 5.56 Å². The minimum Gasteiger partial charge on any atom is -0.494 e. The Balaban J connectivity index is 1.51. The van der Waals surface area contributed by atoms with Crippen LogP contribution in [0.2, 0.25) is 0 Å². The van der Waals surface area contributed by atoms with E-state index >= 15 is 0 Å². The molecule has 5 heteroatoms. The summed E-state index contributed by atoms with van der Waals surface area (Å²) in [5, 5.41) is 0. The van der Waals surface area contributed by atoms with Gasteiger partial charge in [-0.15, -0.1) is 0 Å². The highest BCUT2D eigenvalue weighted by Gasteiger charge is 2.21. The van der Waals surface area contributed by atoms with Gasteiger partial charge in [-0.25, -0.2) is 4.98 Å². The smallest absolute Gasteiger partial charge is 0.255 e. The summed E-state index contributed by atoms with van der Waals surface area (Å²) in [7, 11) is 0. The van der Waals surface area contributed by atoms with Gasteiger partial charge in [-0.1, -0.05) is 42.5 Å². The number of ether oxygens (including phenoxy) is 1. The van der Waals surface area contributed by atoms with Crippen LogP contribution in [0.3, 0.4) is 0 Å². The van der Waals surface area contributed by atoms with Crippen molar-refractivity contribution in [2.24, 2.45) is 0 Å². The van der Waals surface area contributed by atoms with E-state index in [2.05, 4.69) is 22.0 Å². The predicted octanol–water partition coefficient (Wildman–Crippen LogP) is 3.39. The highest BCUT2D eigenvalue weighted by molar-refractivity contribution is 5.54. The molecule has 0 saturated heterocycles. The SMILES string of the molecule is CCOc1ccc(CN2CCc3nc(-c4ccccc4)[nH]c(=O)c3C2)cc1. The molecule has 0 radical (unpaired) electrons. The van der Waals surface area contributed by atoms with Crippen LogP contribution >= 0.6 is 0 Å². The first-order valence-electron chi connectivity index (χ1n) is 9.34. The molecule has 4 rings (SSSR count). The normalized spacial score (nSPS) is 14.0. The van der Waals surface area contributed by atoms with Crippen LogP contribution in [0.4, 0.5) is 0 Å². The van der Waals surface area contributed by atoms with Crippen LogP contribution in [0.1, 0.15) is 23.7 Å². The second-order valence-corrected chi connectivity index (χ2v) is 6.74. The molecule has 1 aliphatic rings. The minimum absolute atomic E-state index is 0.0322. The third kappa shape index (κ3) is 3.93. The lowest BCUT2D eigenvalue weighted by Crippen LogP contribution is -2.35. The molecule has 0 atom stereocenters. The van der Waals surface area contributed by atoms with Gasteiger partial charge in [0.2, 0.25) is 0 Å². The highest BCUT2D eigenvalue weighted by Crippen LogP contribution is 2.20. The molecular weight excluding hydrogens is 338 g/mol. The largest absolute Gasteiger partial charge is 0.494 e. The molecule has 0 saturated carbocycles. The van der Waals surface area contributed by atoms with E-state index in [4.69, 9.17) is 9.72 Å². The maximum absolute atomic E-state index is 12.6. The lowest BCUT2D eigenvalue weighted by molar-refractivity contribution is 0.241. The summed E-state index contributed by atoms with van der Waals surface area (Å²) in [4.78, 5) is 22.6. The third-order valence-corrected chi connectivity index (χ3v) is 4.84. The number of aromatic nitrogens is 2. The van der Waals surface area contributed by atoms with E-state index in [9.17, 15) is 4.79 Å². The van der Waals surface area contributed by atoms with Gasteiger partial charge in [0.1, 0.15) is 11.6 Å². The van der Waals surface area contributed by atoms with E-state index in [1.54, 1.807) is 0 Å². The number of rotatable bonds is 5. The molecule has 2 heterocycles. The zero-order valence-corrected chi connectivity index (χ0v) is 15.4. The van der Waals surface area contributed by atoms with Crippen molar-refractivity contribution in [1.29, 1.82) is 0 Å². The Morgan fingerprint density at radius 3 is 2.63 bits per heavy atom. The summed E-state index contributed by atoms with van der Waals surface area (Å²) < 4.78 is 5.49. The van der Waals surface area contributed by atoms with Gasteiger partial charge in [0.05, 0.1) is 17.9 Å². The Kier molecular flexibility index (Phi) is 5.03. The number of nitrogens with one attached hydrogen (secondary N) is 1. The van der Waals surface area contributed by atoms with Crippen molar-refractivity contribution in [3.63, 3.8) is 0 Å². The van der Waals surface area contributed by atoms with Crippen molar-refractivity contribution in [3.8, 4) is 17.1 Å². The molecule has 2 aromatic carbocycles. The van der Waals surface area contributed by atoms with Gasteiger partial charge in [-0.3, -0.25) is 9.69 Å². The number of aromatic amines is 1. The average molecular weight is 361 g/mol. The van der Waals surface area contributed by atoms with Crippen LogP contribution < -0.4 is 10.3 Å². The number of hydrogen-bond acceptors (Lipinski definition) is 4. The number of benzene rings is 2. The van der Waals surface area contributed by atoms with E-state index in [0.29, 0.717) is 19.0 Å². The monoisotopic (exact) mass is 361 g/mol. The molecule has 3 aromatic rings. The van der Waals surface area contributed by atoms with Crippen molar-refractivity contribution in [1.82, 2.24) is 14.9 Å². The minimum atomic E-state index is -0.0322. The second-order valence-electron chi connectivity index (χ2n) is 6.74. The predicted molar refractivity (Wildman–Crippen MR) is 106 cm³/mol. The van der Waals surface area contributed by atoms with Crippen molar-refractivity contribution in [2.45, 2.75) is 26.4 Å². The van der Waals surface area contributed by atoms with Gasteiger partial charge in [-0.2, -0.15) is 0 Å². The Hall–Kier alpha value is -2.92. The van der Waals surface area contributed by atoms with Crippen molar-refractivity contribution >= 4 is 0 Å². The fraction of sp³-hybridized carbons (Fsp3) is 0.273. The molecular formula is C22H23N3O2. The number of fused-ring (bicyclic) bond motifs is 1. The standard InChI is InChI=1S/C22H23N3O2/c1-2-27-18-10-8-16(9-11-18)14-25-13-12-20-19(15-25)22(26)24-21(23-20)17-6-4-3-5-7-17/h3-11H,2,12-15H2,1H3,(H,23,24,26). The van der Waals surface area contributed by atoms with Gasteiger partial charge < -0.3 is 9.72 Å². The Bertz CT molecular complexity index is 965. The molecule has 0 spiro atoms. The van der Waals surface area contributed by atoms with Gasteiger partial charge >= 0.3 is 0 Å². The first kappa shape index (κ1) is 17.5. The Labute approximate surface area is 158 Å². The second kappa shape index (κ2) is 7.76. The van der Waals surface area contributed by atoms with Crippen LogP contribution in [0, 0.1) is 0 Å². The molecule has 1 N–H and O–H groups in total. The zero-order chi connectivity index (χ0) is 18.6. The summed E-state index contributed by atoms with van der Waals surface area (Å²) in [5.74, 6) is 1.54. The van der Waals surface area contributed by atoms with E-state index < -0.39 is 0 Å². The molecule has 27 heavy (non-hydrogen) atoms. The fourth-order valence-corrected chi connectivity index (χ4v) is 3.46. The van der Waals surface area contributed by atoms with Crippen LogP contribution in [0.15, 0.2) is 59.4 Å². The van der Waals surface area contributed by atoms with Gasteiger partial charge in [0.25, 0.3) is 5.56 Å². The summed E-state index contributed by atoms with van der Waals surface area (Å²) in [6.07, 6.45) is 0.788. The third-order valence-electron chi connectivity index (χ3n) is 4.84. The highest BCUT2D eigenvalue weighted by atomic mass is 16.5. The number of nitrogens with zero attached hydrogens (tertiary/aromatic N) is 2. The molecule has 5 nitrogen and oxygen atoms in total. The van der Waals surface area contributed by atoms with Crippen molar-refractivity contribution in [2.75, 3.05) is 13.2 Å². The van der Waals surface area contributed by atoms with Crippen LogP contribution in [-0.4, -0.2) is 28.0 Å². The maximum atomic E-state index is 12.6. The Morgan fingerprint density at radius 2 is 1.89 bits per heavy atom. The number of hydrogen-bond donors (Lipinski definition) is 1. The summed E-state index contributed by atoms with van der Waals surface area (Å²) in [5.41, 5.74) is 3.82. The molecule has 0 fully saturated rings. The van der Waals surface area contributed by atoms with Gasteiger partial charge in [0.15, 0.2) is 0 Å².